The Hall–Kier alpha value is -1.97. The van der Waals surface area contributed by atoms with Crippen LogP contribution in [0.1, 0.15) is 44.1 Å². The van der Waals surface area contributed by atoms with Crippen LogP contribution in [0.15, 0.2) is 23.8 Å². The van der Waals surface area contributed by atoms with Gasteiger partial charge < -0.3 is 39.7 Å². The molecule has 234 valence electrons. The number of rotatable bonds is 13. The number of aliphatic hydroxyl groups is 3. The van der Waals surface area contributed by atoms with Crippen LogP contribution in [-0.4, -0.2) is 115 Å². The van der Waals surface area contributed by atoms with Gasteiger partial charge in [-0.15, -0.1) is 0 Å². The van der Waals surface area contributed by atoms with Gasteiger partial charge in [-0.3, -0.25) is 14.5 Å². The first kappa shape index (κ1) is 32.9. The minimum atomic E-state index is -1.12. The van der Waals surface area contributed by atoms with E-state index < -0.39 is 18.2 Å². The van der Waals surface area contributed by atoms with Gasteiger partial charge >= 0.3 is 0 Å². The minimum absolute atomic E-state index is 0.0190. The zero-order valence-corrected chi connectivity index (χ0v) is 26.5. The van der Waals surface area contributed by atoms with E-state index in [0.717, 1.165) is 38.8 Å². The Kier molecular flexibility index (Phi) is 12.7. The second-order valence-corrected chi connectivity index (χ2v) is 12.3. The first-order valence-corrected chi connectivity index (χ1v) is 15.9. The molecule has 42 heavy (non-hydrogen) atoms. The number of aliphatic hydroxyl groups excluding tert-OH is 3. The number of methoxy groups -OCH3 is 1. The maximum Gasteiger partial charge on any atom is 0.247 e. The van der Waals surface area contributed by atoms with Crippen LogP contribution in [0, 0.1) is 9.49 Å². The number of nitrogens with one attached hydrogen (secondary N) is 1. The molecule has 1 saturated carbocycles. The van der Waals surface area contributed by atoms with Gasteiger partial charge in [-0.1, -0.05) is 12.8 Å². The summed E-state index contributed by atoms with van der Waals surface area (Å²) in [5.74, 6) is 0.706. The fourth-order valence-corrected chi connectivity index (χ4v) is 6.82. The maximum atomic E-state index is 13.9. The average molecular weight is 702 g/mol. The molecule has 2 amide bonds. The van der Waals surface area contributed by atoms with Crippen molar-refractivity contribution >= 4 is 34.4 Å². The van der Waals surface area contributed by atoms with E-state index >= 15 is 0 Å². The third-order valence-electron chi connectivity index (χ3n) is 8.36. The highest BCUT2D eigenvalue weighted by atomic mass is 127. The lowest BCUT2D eigenvalue weighted by atomic mass is 9.87. The Morgan fingerprint density at radius 1 is 1.19 bits per heavy atom. The molecule has 0 bridgehead atoms. The Morgan fingerprint density at radius 2 is 1.93 bits per heavy atom. The number of carbonyl (C=O) groups is 2. The van der Waals surface area contributed by atoms with Crippen molar-refractivity contribution < 1.29 is 39.1 Å². The van der Waals surface area contributed by atoms with Crippen molar-refractivity contribution in [1.82, 2.24) is 15.1 Å². The van der Waals surface area contributed by atoms with E-state index in [2.05, 4.69) is 32.8 Å². The van der Waals surface area contributed by atoms with Gasteiger partial charge in [0, 0.05) is 51.1 Å². The lowest BCUT2D eigenvalue weighted by Gasteiger charge is -2.42. The van der Waals surface area contributed by atoms with Crippen LogP contribution in [0.25, 0.3) is 0 Å². The molecule has 1 aromatic rings. The molecular weight excluding hydrogens is 657 g/mol. The minimum Gasteiger partial charge on any atom is -0.493 e. The molecule has 0 spiro atoms. The van der Waals surface area contributed by atoms with E-state index in [1.165, 1.54) is 7.11 Å². The van der Waals surface area contributed by atoms with E-state index in [1.54, 1.807) is 23.1 Å². The molecule has 2 fully saturated rings. The number of halogens is 1. The third kappa shape index (κ3) is 8.56. The summed E-state index contributed by atoms with van der Waals surface area (Å²) < 4.78 is 18.1. The van der Waals surface area contributed by atoms with Crippen molar-refractivity contribution in [3.63, 3.8) is 0 Å². The highest BCUT2D eigenvalue weighted by Crippen LogP contribution is 2.37. The molecule has 2 aliphatic carbocycles. The van der Waals surface area contributed by atoms with Crippen molar-refractivity contribution in [2.75, 3.05) is 59.7 Å². The van der Waals surface area contributed by atoms with Crippen molar-refractivity contribution in [1.29, 1.82) is 0 Å². The van der Waals surface area contributed by atoms with Gasteiger partial charge in [-0.05, 0) is 65.1 Å². The second kappa shape index (κ2) is 16.2. The number of benzene rings is 1. The fraction of sp³-hybridized carbons (Fsp3) is 0.667. The molecule has 12 heteroatoms. The van der Waals surface area contributed by atoms with E-state index in [4.69, 9.17) is 14.2 Å². The summed E-state index contributed by atoms with van der Waals surface area (Å²) in [4.78, 5) is 31.1. The molecular formula is C30H44IN3O8. The zero-order chi connectivity index (χ0) is 30.1. The molecule has 1 aliphatic heterocycles. The smallest absolute Gasteiger partial charge is 0.247 e. The highest BCUT2D eigenvalue weighted by Gasteiger charge is 2.41. The molecule has 1 aromatic carbocycles. The van der Waals surface area contributed by atoms with E-state index in [1.807, 2.05) is 0 Å². The predicted octanol–water partition coefficient (Wildman–Crippen LogP) is 1.45. The van der Waals surface area contributed by atoms with Crippen molar-refractivity contribution in [3.8, 4) is 11.5 Å². The summed E-state index contributed by atoms with van der Waals surface area (Å²) in [6, 6.07) is 2.75. The largest absolute Gasteiger partial charge is 0.493 e. The summed E-state index contributed by atoms with van der Waals surface area (Å²) in [6.07, 6.45) is 4.42. The fourth-order valence-electron chi connectivity index (χ4n) is 6.02. The number of hydrogen-bond donors (Lipinski definition) is 4. The predicted molar refractivity (Wildman–Crippen MR) is 164 cm³/mol. The van der Waals surface area contributed by atoms with Crippen molar-refractivity contribution in [3.05, 3.63) is 32.9 Å². The van der Waals surface area contributed by atoms with Crippen LogP contribution in [0.3, 0.4) is 0 Å². The molecule has 11 nitrogen and oxygen atoms in total. The average Bonchev–Trinajstić information content (AvgIpc) is 3.51. The van der Waals surface area contributed by atoms with Crippen molar-refractivity contribution in [2.24, 2.45) is 5.92 Å². The Balaban J connectivity index is 1.64. The molecule has 3 unspecified atom stereocenters. The summed E-state index contributed by atoms with van der Waals surface area (Å²) >= 11 is 2.09. The molecule has 0 radical (unpaired) electrons. The van der Waals surface area contributed by atoms with E-state index in [0.29, 0.717) is 64.8 Å². The van der Waals surface area contributed by atoms with Gasteiger partial charge in [0.25, 0.3) is 0 Å². The normalized spacial score (nSPS) is 23.4. The maximum absolute atomic E-state index is 13.9. The molecule has 1 saturated heterocycles. The summed E-state index contributed by atoms with van der Waals surface area (Å²) in [5.41, 5.74) is 1.03. The number of ether oxygens (including phenoxy) is 3. The Morgan fingerprint density at radius 3 is 2.60 bits per heavy atom. The van der Waals surface area contributed by atoms with Crippen LogP contribution in [0.4, 0.5) is 0 Å². The van der Waals surface area contributed by atoms with E-state index in [-0.39, 0.29) is 38.0 Å². The van der Waals surface area contributed by atoms with Gasteiger partial charge in [-0.25, -0.2) is 0 Å². The summed E-state index contributed by atoms with van der Waals surface area (Å²) in [7, 11) is 1.50. The van der Waals surface area contributed by atoms with Crippen LogP contribution in [0.2, 0.25) is 0 Å². The van der Waals surface area contributed by atoms with Gasteiger partial charge in [0.1, 0.15) is 12.2 Å². The SMILES string of the molecule is COc1cc(CO)cc(I)c1OC1C=C(C(=O)NCCO)CC(N(CCN2CCOCC2)C(=O)CC2CCCC2)C1O. The first-order valence-electron chi connectivity index (χ1n) is 14.9. The number of nitrogens with zero attached hydrogens (tertiary/aromatic N) is 2. The van der Waals surface area contributed by atoms with Gasteiger partial charge in [-0.2, -0.15) is 0 Å². The van der Waals surface area contributed by atoms with Gasteiger partial charge in [0.05, 0.1) is 43.1 Å². The van der Waals surface area contributed by atoms with Crippen LogP contribution < -0.4 is 14.8 Å². The Bertz CT molecular complexity index is 1090. The monoisotopic (exact) mass is 701 g/mol. The number of morpholine rings is 1. The summed E-state index contributed by atoms with van der Waals surface area (Å²) in [6.45, 7) is 3.61. The lowest BCUT2D eigenvalue weighted by Crippen LogP contribution is -2.57. The molecule has 1 heterocycles. The molecule has 3 atom stereocenters. The van der Waals surface area contributed by atoms with Gasteiger partial charge in [0.2, 0.25) is 11.8 Å². The topological polar surface area (TPSA) is 141 Å². The zero-order valence-electron chi connectivity index (χ0n) is 24.3. The van der Waals surface area contributed by atoms with E-state index in [9.17, 15) is 24.9 Å². The number of amides is 2. The molecule has 0 aromatic heterocycles. The molecule has 4 rings (SSSR count). The third-order valence-corrected chi connectivity index (χ3v) is 9.16. The van der Waals surface area contributed by atoms with Crippen LogP contribution in [-0.2, 0) is 20.9 Å². The Labute approximate surface area is 261 Å². The number of hydrogen-bond acceptors (Lipinski definition) is 9. The van der Waals surface area contributed by atoms with Crippen LogP contribution in [0.5, 0.6) is 11.5 Å². The number of carbonyl (C=O) groups excluding carboxylic acids is 2. The second-order valence-electron chi connectivity index (χ2n) is 11.2. The standard InChI is InChI=1S/C30H44IN3O8/c1-40-26-15-21(19-36)14-23(31)29(26)42-25-18-22(30(39)32-6-11-35)17-24(28(25)38)34(8-7-33-9-12-41-13-10-33)27(37)16-20-4-2-3-5-20/h14-15,18,20,24-25,28,35-36,38H,2-13,16-17,19H2,1H3,(H,32,39). The highest BCUT2D eigenvalue weighted by molar-refractivity contribution is 14.1. The van der Waals surface area contributed by atoms with Crippen molar-refractivity contribution in [2.45, 2.75) is 63.4 Å². The molecule has 4 N–H and O–H groups in total. The summed E-state index contributed by atoms with van der Waals surface area (Å²) in [5, 5.41) is 33.4. The molecule has 3 aliphatic rings. The quantitative estimate of drug-likeness (QED) is 0.225. The first-order chi connectivity index (χ1) is 20.3. The van der Waals surface area contributed by atoms with Crippen LogP contribution >= 0.6 is 22.6 Å². The lowest BCUT2D eigenvalue weighted by molar-refractivity contribution is -0.140. The van der Waals surface area contributed by atoms with Gasteiger partial charge in [0.15, 0.2) is 11.5 Å².